The Hall–Kier alpha value is -1.53. The molecule has 0 aliphatic heterocycles. The van der Waals surface area contributed by atoms with Crippen LogP contribution in [0.25, 0.3) is 0 Å². The van der Waals surface area contributed by atoms with Gasteiger partial charge in [-0.15, -0.1) is 0 Å². The van der Waals surface area contributed by atoms with E-state index in [1.807, 2.05) is 6.07 Å². The maximum atomic E-state index is 13.0. The molecule has 21 heavy (non-hydrogen) atoms. The minimum absolute atomic E-state index is 0.224. The Morgan fingerprint density at radius 3 is 2.57 bits per heavy atom. The molecule has 0 aromatic heterocycles. The van der Waals surface area contributed by atoms with Crippen molar-refractivity contribution in [2.45, 2.75) is 12.7 Å². The number of alkyl halides is 3. The van der Waals surface area contributed by atoms with Crippen molar-refractivity contribution in [3.05, 3.63) is 58.1 Å². The Morgan fingerprint density at radius 2 is 1.90 bits per heavy atom. The van der Waals surface area contributed by atoms with E-state index in [9.17, 15) is 13.2 Å². The van der Waals surface area contributed by atoms with Gasteiger partial charge in [0.15, 0.2) is 0 Å². The molecule has 0 amide bonds. The lowest BCUT2D eigenvalue weighted by Crippen LogP contribution is -2.07. The predicted molar refractivity (Wildman–Crippen MR) is 78.4 cm³/mol. The van der Waals surface area contributed by atoms with Crippen molar-refractivity contribution < 1.29 is 17.9 Å². The average molecular weight is 360 g/mol. The third-order valence-electron chi connectivity index (χ3n) is 2.76. The third kappa shape index (κ3) is 4.22. The molecule has 2 rings (SSSR count). The van der Waals surface area contributed by atoms with Crippen LogP contribution in [0, 0.1) is 0 Å². The monoisotopic (exact) mass is 359 g/mol. The molecule has 0 saturated carbocycles. The quantitative estimate of drug-likeness (QED) is 0.831. The van der Waals surface area contributed by atoms with Crippen LogP contribution < -0.4 is 10.1 Å². The van der Waals surface area contributed by atoms with Crippen molar-refractivity contribution in [3.8, 4) is 11.5 Å². The van der Waals surface area contributed by atoms with Gasteiger partial charge in [0, 0.05) is 11.0 Å². The smallest absolute Gasteiger partial charge is 0.419 e. The van der Waals surface area contributed by atoms with E-state index in [2.05, 4.69) is 21.2 Å². The molecule has 0 aliphatic carbocycles. The van der Waals surface area contributed by atoms with E-state index in [1.54, 1.807) is 25.2 Å². The van der Waals surface area contributed by atoms with Crippen LogP contribution in [0.5, 0.6) is 11.5 Å². The molecule has 2 nitrogen and oxygen atoms in total. The first kappa shape index (κ1) is 15.9. The lowest BCUT2D eigenvalue weighted by molar-refractivity contribution is -0.138. The topological polar surface area (TPSA) is 21.3 Å². The van der Waals surface area contributed by atoms with E-state index < -0.39 is 11.7 Å². The van der Waals surface area contributed by atoms with Crippen LogP contribution >= 0.6 is 15.9 Å². The molecule has 2 aromatic carbocycles. The average Bonchev–Trinajstić information content (AvgIpc) is 2.38. The highest BCUT2D eigenvalue weighted by Crippen LogP contribution is 2.39. The van der Waals surface area contributed by atoms with Crippen molar-refractivity contribution >= 4 is 15.9 Å². The lowest BCUT2D eigenvalue weighted by atomic mass is 10.2. The molecular formula is C15H13BrF3NO. The summed E-state index contributed by atoms with van der Waals surface area (Å²) in [5, 5.41) is 2.98. The van der Waals surface area contributed by atoms with Crippen molar-refractivity contribution in [1.29, 1.82) is 0 Å². The van der Waals surface area contributed by atoms with Gasteiger partial charge < -0.3 is 10.1 Å². The van der Waals surface area contributed by atoms with Gasteiger partial charge in [-0.2, -0.15) is 13.2 Å². The summed E-state index contributed by atoms with van der Waals surface area (Å²) in [5.74, 6) is 0.143. The first-order valence-corrected chi connectivity index (χ1v) is 6.97. The zero-order valence-electron chi connectivity index (χ0n) is 11.2. The van der Waals surface area contributed by atoms with Gasteiger partial charge in [0.2, 0.25) is 0 Å². The number of halogens is 4. The zero-order valence-corrected chi connectivity index (χ0v) is 12.8. The standard InChI is InChI=1S/C15H13BrF3NO/c1-20-9-10-3-2-4-12(7-10)21-14-8-11(16)5-6-13(14)15(17,18)19/h2-8,20H,9H2,1H3. The van der Waals surface area contributed by atoms with Crippen LogP contribution in [0.2, 0.25) is 0 Å². The predicted octanol–water partition coefficient (Wildman–Crippen LogP) is 4.98. The highest BCUT2D eigenvalue weighted by atomic mass is 79.9. The molecule has 0 spiro atoms. The van der Waals surface area contributed by atoms with Gasteiger partial charge in [0.1, 0.15) is 11.5 Å². The fourth-order valence-electron chi connectivity index (χ4n) is 1.86. The van der Waals surface area contributed by atoms with Crippen LogP contribution in [-0.4, -0.2) is 7.05 Å². The molecule has 1 N–H and O–H groups in total. The SMILES string of the molecule is CNCc1cccc(Oc2cc(Br)ccc2C(F)(F)F)c1. The summed E-state index contributed by atoms with van der Waals surface area (Å²) in [6, 6.07) is 10.6. The molecule has 0 saturated heterocycles. The van der Waals surface area contributed by atoms with Crippen molar-refractivity contribution in [3.63, 3.8) is 0 Å². The van der Waals surface area contributed by atoms with E-state index >= 15 is 0 Å². The molecule has 0 bridgehead atoms. The van der Waals surface area contributed by atoms with E-state index in [0.717, 1.165) is 11.6 Å². The number of hydrogen-bond acceptors (Lipinski definition) is 2. The van der Waals surface area contributed by atoms with Crippen LogP contribution in [0.15, 0.2) is 46.9 Å². The van der Waals surface area contributed by atoms with Gasteiger partial charge in [-0.05, 0) is 42.9 Å². The first-order valence-electron chi connectivity index (χ1n) is 6.18. The van der Waals surface area contributed by atoms with E-state index in [0.29, 0.717) is 16.8 Å². The molecule has 112 valence electrons. The molecule has 0 radical (unpaired) electrons. The first-order chi connectivity index (χ1) is 9.90. The molecule has 0 fully saturated rings. The maximum Gasteiger partial charge on any atom is 0.419 e. The Bertz CT molecular complexity index is 629. The minimum atomic E-state index is -4.46. The summed E-state index contributed by atoms with van der Waals surface area (Å²) in [7, 11) is 1.80. The molecular weight excluding hydrogens is 347 g/mol. The molecule has 0 heterocycles. The van der Waals surface area contributed by atoms with Gasteiger partial charge in [-0.25, -0.2) is 0 Å². The number of benzene rings is 2. The summed E-state index contributed by atoms with van der Waals surface area (Å²) in [5.41, 5.74) is 0.128. The highest BCUT2D eigenvalue weighted by Gasteiger charge is 2.34. The van der Waals surface area contributed by atoms with Crippen molar-refractivity contribution in [2.75, 3.05) is 7.05 Å². The summed E-state index contributed by atoms with van der Waals surface area (Å²) in [4.78, 5) is 0. The fraction of sp³-hybridized carbons (Fsp3) is 0.200. The third-order valence-corrected chi connectivity index (χ3v) is 3.25. The lowest BCUT2D eigenvalue weighted by Gasteiger charge is -2.14. The van der Waals surface area contributed by atoms with E-state index in [-0.39, 0.29) is 5.75 Å². The summed E-state index contributed by atoms with van der Waals surface area (Å²) >= 11 is 3.16. The van der Waals surface area contributed by atoms with Crippen molar-refractivity contribution in [2.24, 2.45) is 0 Å². The largest absolute Gasteiger partial charge is 0.457 e. The Morgan fingerprint density at radius 1 is 1.14 bits per heavy atom. The van der Waals surface area contributed by atoms with Crippen LogP contribution in [0.1, 0.15) is 11.1 Å². The fourth-order valence-corrected chi connectivity index (χ4v) is 2.20. The van der Waals surface area contributed by atoms with Gasteiger partial charge in [-0.1, -0.05) is 28.1 Å². The second kappa shape index (κ2) is 6.49. The molecule has 6 heteroatoms. The van der Waals surface area contributed by atoms with E-state index in [4.69, 9.17) is 4.74 Å². The number of nitrogens with one attached hydrogen (secondary N) is 1. The number of rotatable bonds is 4. The Labute approximate surface area is 129 Å². The van der Waals surface area contributed by atoms with Gasteiger partial charge in [-0.3, -0.25) is 0 Å². The number of ether oxygens (including phenoxy) is 1. The second-order valence-corrected chi connectivity index (χ2v) is 5.33. The molecule has 0 aliphatic rings. The van der Waals surface area contributed by atoms with Crippen LogP contribution in [0.4, 0.5) is 13.2 Å². The van der Waals surface area contributed by atoms with Gasteiger partial charge >= 0.3 is 6.18 Å². The number of hydrogen-bond donors (Lipinski definition) is 1. The minimum Gasteiger partial charge on any atom is -0.457 e. The normalized spacial score (nSPS) is 11.5. The van der Waals surface area contributed by atoms with E-state index in [1.165, 1.54) is 12.1 Å². The molecule has 2 aromatic rings. The van der Waals surface area contributed by atoms with Crippen molar-refractivity contribution in [1.82, 2.24) is 5.32 Å². The summed E-state index contributed by atoms with van der Waals surface area (Å²) < 4.78 is 44.9. The zero-order chi connectivity index (χ0) is 15.5. The summed E-state index contributed by atoms with van der Waals surface area (Å²) in [6.07, 6.45) is -4.46. The van der Waals surface area contributed by atoms with Crippen LogP contribution in [0.3, 0.4) is 0 Å². The second-order valence-electron chi connectivity index (χ2n) is 4.42. The summed E-state index contributed by atoms with van der Waals surface area (Å²) in [6.45, 7) is 0.613. The molecule has 0 unspecified atom stereocenters. The Balaban J connectivity index is 2.34. The molecule has 0 atom stereocenters. The van der Waals surface area contributed by atoms with Crippen LogP contribution in [-0.2, 0) is 12.7 Å². The van der Waals surface area contributed by atoms with Gasteiger partial charge in [0.25, 0.3) is 0 Å². The van der Waals surface area contributed by atoms with Gasteiger partial charge in [0.05, 0.1) is 5.56 Å². The maximum absolute atomic E-state index is 13.0. The Kier molecular flexibility index (Phi) is 4.90. The highest BCUT2D eigenvalue weighted by molar-refractivity contribution is 9.10.